The lowest BCUT2D eigenvalue weighted by Gasteiger charge is -2.36. The lowest BCUT2D eigenvalue weighted by atomic mass is 10.1. The number of carbonyl (C=O) groups excluding carboxylic acids is 2. The fourth-order valence-electron chi connectivity index (χ4n) is 2.08. The Bertz CT molecular complexity index is 416. The second-order valence-corrected chi connectivity index (χ2v) is 4.47. The maximum atomic E-state index is 12.2. The average molecular weight is 232 g/mol. The van der Waals surface area contributed by atoms with E-state index in [4.69, 9.17) is 0 Å². The maximum Gasteiger partial charge on any atom is 0.255 e. The van der Waals surface area contributed by atoms with E-state index in [1.807, 2.05) is 25.1 Å². The van der Waals surface area contributed by atoms with Crippen LogP contribution in [0.15, 0.2) is 30.3 Å². The SMILES string of the molecule is C[C@H]1CN(C(=O)c2ccccc2)CN(C)C1=O. The molecule has 1 aliphatic rings. The van der Waals surface area contributed by atoms with Crippen LogP contribution < -0.4 is 0 Å². The molecular weight excluding hydrogens is 216 g/mol. The fourth-order valence-corrected chi connectivity index (χ4v) is 2.08. The third kappa shape index (κ3) is 2.30. The van der Waals surface area contributed by atoms with Gasteiger partial charge in [-0.2, -0.15) is 0 Å². The summed E-state index contributed by atoms with van der Waals surface area (Å²) in [4.78, 5) is 27.1. The van der Waals surface area contributed by atoms with E-state index in [-0.39, 0.29) is 17.7 Å². The highest BCUT2D eigenvalue weighted by Gasteiger charge is 2.30. The zero-order valence-corrected chi connectivity index (χ0v) is 10.1. The van der Waals surface area contributed by atoms with Crippen molar-refractivity contribution in [3.8, 4) is 0 Å². The summed E-state index contributed by atoms with van der Waals surface area (Å²) in [5.74, 6) is -0.0414. The molecule has 4 nitrogen and oxygen atoms in total. The molecule has 0 bridgehead atoms. The van der Waals surface area contributed by atoms with E-state index >= 15 is 0 Å². The molecule has 4 heteroatoms. The predicted octanol–water partition coefficient (Wildman–Crippen LogP) is 1.19. The summed E-state index contributed by atoms with van der Waals surface area (Å²) >= 11 is 0. The molecular formula is C13H16N2O2. The molecule has 1 aromatic carbocycles. The Morgan fingerprint density at radius 2 is 1.94 bits per heavy atom. The number of amides is 2. The Kier molecular flexibility index (Phi) is 3.13. The third-order valence-electron chi connectivity index (χ3n) is 2.98. The molecule has 1 saturated heterocycles. The molecule has 17 heavy (non-hydrogen) atoms. The summed E-state index contributed by atoms with van der Waals surface area (Å²) in [6.07, 6.45) is 0. The van der Waals surface area contributed by atoms with Crippen molar-refractivity contribution in [2.75, 3.05) is 20.3 Å². The molecule has 1 atom stereocenters. The number of rotatable bonds is 1. The number of benzene rings is 1. The quantitative estimate of drug-likeness (QED) is 0.730. The molecule has 0 N–H and O–H groups in total. The number of carbonyl (C=O) groups is 2. The van der Waals surface area contributed by atoms with Crippen LogP contribution in [0, 0.1) is 5.92 Å². The van der Waals surface area contributed by atoms with Crippen molar-refractivity contribution in [2.45, 2.75) is 6.92 Å². The first-order valence-corrected chi connectivity index (χ1v) is 5.69. The monoisotopic (exact) mass is 232 g/mol. The van der Waals surface area contributed by atoms with Crippen LogP contribution in [0.5, 0.6) is 0 Å². The fraction of sp³-hybridized carbons (Fsp3) is 0.385. The van der Waals surface area contributed by atoms with Crippen molar-refractivity contribution < 1.29 is 9.59 Å². The Morgan fingerprint density at radius 1 is 1.29 bits per heavy atom. The smallest absolute Gasteiger partial charge is 0.255 e. The van der Waals surface area contributed by atoms with Gasteiger partial charge in [-0.3, -0.25) is 9.59 Å². The van der Waals surface area contributed by atoms with Gasteiger partial charge in [0.1, 0.15) is 0 Å². The number of hydrogen-bond acceptors (Lipinski definition) is 2. The molecule has 0 spiro atoms. The minimum atomic E-state index is -0.124. The lowest BCUT2D eigenvalue weighted by Crippen LogP contribution is -2.52. The summed E-state index contributed by atoms with van der Waals surface area (Å²) in [7, 11) is 1.73. The summed E-state index contributed by atoms with van der Waals surface area (Å²) in [6, 6.07) is 9.16. The Hall–Kier alpha value is -1.84. The van der Waals surface area contributed by atoms with Crippen molar-refractivity contribution in [1.29, 1.82) is 0 Å². The average Bonchev–Trinajstić information content (AvgIpc) is 2.35. The molecule has 90 valence electrons. The lowest BCUT2D eigenvalue weighted by molar-refractivity contribution is -0.139. The molecule has 1 aliphatic heterocycles. The topological polar surface area (TPSA) is 40.6 Å². The molecule has 0 saturated carbocycles. The van der Waals surface area contributed by atoms with Crippen LogP contribution in [-0.2, 0) is 4.79 Å². The summed E-state index contributed by atoms with van der Waals surface area (Å²) < 4.78 is 0. The van der Waals surface area contributed by atoms with Gasteiger partial charge in [0.2, 0.25) is 5.91 Å². The first-order valence-electron chi connectivity index (χ1n) is 5.69. The van der Waals surface area contributed by atoms with Gasteiger partial charge in [0.25, 0.3) is 5.91 Å². The molecule has 0 radical (unpaired) electrons. The minimum absolute atomic E-state index is 0.0169. The Labute approximate surface area is 101 Å². The van der Waals surface area contributed by atoms with Crippen molar-refractivity contribution in [3.63, 3.8) is 0 Å². The summed E-state index contributed by atoms with van der Waals surface area (Å²) in [6.45, 7) is 2.72. The summed E-state index contributed by atoms with van der Waals surface area (Å²) in [5.41, 5.74) is 0.669. The second-order valence-electron chi connectivity index (χ2n) is 4.47. The first-order chi connectivity index (χ1) is 8.09. The predicted molar refractivity (Wildman–Crippen MR) is 64.3 cm³/mol. The van der Waals surface area contributed by atoms with Gasteiger partial charge in [-0.05, 0) is 12.1 Å². The molecule has 0 aromatic heterocycles. The normalized spacial score (nSPS) is 20.6. The van der Waals surface area contributed by atoms with E-state index in [0.717, 1.165) is 0 Å². The van der Waals surface area contributed by atoms with Gasteiger partial charge in [0.15, 0.2) is 0 Å². The van der Waals surface area contributed by atoms with E-state index in [1.165, 1.54) is 0 Å². The Morgan fingerprint density at radius 3 is 2.53 bits per heavy atom. The minimum Gasteiger partial charge on any atom is -0.328 e. The Balaban J connectivity index is 2.14. The van der Waals surface area contributed by atoms with Crippen molar-refractivity contribution in [3.05, 3.63) is 35.9 Å². The van der Waals surface area contributed by atoms with Gasteiger partial charge in [-0.1, -0.05) is 25.1 Å². The molecule has 1 fully saturated rings. The van der Waals surface area contributed by atoms with Gasteiger partial charge in [-0.15, -0.1) is 0 Å². The van der Waals surface area contributed by atoms with Crippen LogP contribution >= 0.6 is 0 Å². The van der Waals surface area contributed by atoms with Crippen LogP contribution in [0.4, 0.5) is 0 Å². The molecule has 2 amide bonds. The van der Waals surface area contributed by atoms with E-state index < -0.39 is 0 Å². The zero-order valence-electron chi connectivity index (χ0n) is 10.1. The van der Waals surface area contributed by atoms with Gasteiger partial charge >= 0.3 is 0 Å². The molecule has 1 aromatic rings. The number of nitrogens with zero attached hydrogens (tertiary/aromatic N) is 2. The molecule has 0 unspecified atom stereocenters. The standard InChI is InChI=1S/C13H16N2O2/c1-10-8-15(9-14(2)12(10)16)13(17)11-6-4-3-5-7-11/h3-7,10H,8-9H2,1-2H3/t10-/m0/s1. The van der Waals surface area contributed by atoms with Gasteiger partial charge in [-0.25, -0.2) is 0 Å². The maximum absolute atomic E-state index is 12.2. The highest BCUT2D eigenvalue weighted by molar-refractivity contribution is 5.95. The second kappa shape index (κ2) is 4.57. The van der Waals surface area contributed by atoms with Gasteiger partial charge in [0.05, 0.1) is 12.6 Å². The van der Waals surface area contributed by atoms with E-state index in [0.29, 0.717) is 18.8 Å². The zero-order chi connectivity index (χ0) is 12.4. The van der Waals surface area contributed by atoms with Crippen LogP contribution in [0.1, 0.15) is 17.3 Å². The van der Waals surface area contributed by atoms with Crippen molar-refractivity contribution >= 4 is 11.8 Å². The molecule has 1 heterocycles. The highest BCUT2D eigenvalue weighted by Crippen LogP contribution is 2.14. The van der Waals surface area contributed by atoms with Crippen molar-refractivity contribution in [2.24, 2.45) is 5.92 Å². The number of hydrogen-bond donors (Lipinski definition) is 0. The summed E-state index contributed by atoms with van der Waals surface area (Å²) in [5, 5.41) is 0. The van der Waals surface area contributed by atoms with E-state index in [2.05, 4.69) is 0 Å². The van der Waals surface area contributed by atoms with Crippen molar-refractivity contribution in [1.82, 2.24) is 9.80 Å². The third-order valence-corrected chi connectivity index (χ3v) is 2.98. The van der Waals surface area contributed by atoms with Gasteiger partial charge in [0, 0.05) is 19.2 Å². The van der Waals surface area contributed by atoms with Crippen LogP contribution in [0.2, 0.25) is 0 Å². The van der Waals surface area contributed by atoms with Crippen LogP contribution in [0.25, 0.3) is 0 Å². The van der Waals surface area contributed by atoms with E-state index in [9.17, 15) is 9.59 Å². The van der Waals surface area contributed by atoms with Crippen LogP contribution in [-0.4, -0.2) is 41.9 Å². The largest absolute Gasteiger partial charge is 0.328 e. The highest BCUT2D eigenvalue weighted by atomic mass is 16.2. The van der Waals surface area contributed by atoms with Gasteiger partial charge < -0.3 is 9.80 Å². The van der Waals surface area contributed by atoms with E-state index in [1.54, 1.807) is 29.0 Å². The first kappa shape index (κ1) is 11.6. The molecule has 2 rings (SSSR count). The van der Waals surface area contributed by atoms with Crippen LogP contribution in [0.3, 0.4) is 0 Å². The molecule has 0 aliphatic carbocycles.